The first-order valence-corrected chi connectivity index (χ1v) is 8.40. The predicted molar refractivity (Wildman–Crippen MR) is 92.8 cm³/mol. The van der Waals surface area contributed by atoms with E-state index in [-0.39, 0.29) is 5.56 Å². The highest BCUT2D eigenvalue weighted by molar-refractivity contribution is 5.77. The van der Waals surface area contributed by atoms with Gasteiger partial charge in [-0.3, -0.25) is 14.4 Å². The van der Waals surface area contributed by atoms with Gasteiger partial charge in [0.05, 0.1) is 30.2 Å². The van der Waals surface area contributed by atoms with E-state index in [0.717, 1.165) is 30.9 Å². The van der Waals surface area contributed by atoms with Crippen LogP contribution in [0.15, 0.2) is 41.5 Å². The largest absolute Gasteiger partial charge is 0.309 e. The lowest BCUT2D eigenvalue weighted by molar-refractivity contribution is 0.214. The molecule has 4 rings (SSSR count). The highest BCUT2D eigenvalue weighted by atomic mass is 16.1. The smallest absolute Gasteiger partial charge is 0.258 e. The van der Waals surface area contributed by atoms with Gasteiger partial charge >= 0.3 is 0 Å². The minimum atomic E-state index is -0.0611. The molecule has 2 aromatic heterocycles. The maximum absolute atomic E-state index is 12.2. The quantitative estimate of drug-likeness (QED) is 0.798. The van der Waals surface area contributed by atoms with Crippen molar-refractivity contribution in [1.82, 2.24) is 24.6 Å². The minimum absolute atomic E-state index is 0.0611. The van der Waals surface area contributed by atoms with E-state index in [4.69, 9.17) is 0 Å². The van der Waals surface area contributed by atoms with Gasteiger partial charge in [0.15, 0.2) is 0 Å². The van der Waals surface area contributed by atoms with Crippen LogP contribution in [0.4, 0.5) is 0 Å². The Kier molecular flexibility index (Phi) is 3.90. The molecule has 0 amide bonds. The highest BCUT2D eigenvalue weighted by Crippen LogP contribution is 2.20. The third-order valence-corrected chi connectivity index (χ3v) is 4.67. The van der Waals surface area contributed by atoms with Gasteiger partial charge in [0, 0.05) is 12.2 Å². The fourth-order valence-electron chi connectivity index (χ4n) is 3.49. The number of H-pyrrole nitrogens is 1. The molecule has 6 heteroatoms. The van der Waals surface area contributed by atoms with Crippen LogP contribution in [0.2, 0.25) is 0 Å². The average Bonchev–Trinajstić information content (AvgIpc) is 3.17. The van der Waals surface area contributed by atoms with Crippen LogP contribution in [0.3, 0.4) is 0 Å². The van der Waals surface area contributed by atoms with E-state index in [2.05, 4.69) is 33.1 Å². The molecule has 1 unspecified atom stereocenters. The summed E-state index contributed by atoms with van der Waals surface area (Å²) in [5.74, 6) is 0.738. The number of hydrogen-bond donors (Lipinski definition) is 1. The van der Waals surface area contributed by atoms with E-state index in [1.165, 1.54) is 12.0 Å². The Labute approximate surface area is 140 Å². The molecule has 3 aromatic rings. The number of fused-ring (bicyclic) bond motifs is 1. The summed E-state index contributed by atoms with van der Waals surface area (Å²) in [6, 6.07) is 7.91. The second-order valence-electron chi connectivity index (χ2n) is 6.54. The van der Waals surface area contributed by atoms with Gasteiger partial charge in [0.25, 0.3) is 5.56 Å². The minimum Gasteiger partial charge on any atom is -0.309 e. The number of aromatic amines is 1. The summed E-state index contributed by atoms with van der Waals surface area (Å²) in [6.07, 6.45) is 6.29. The molecule has 3 heterocycles. The Morgan fingerprint density at radius 2 is 2.21 bits per heavy atom. The molecular formula is C18H21N5O. The van der Waals surface area contributed by atoms with E-state index < -0.39 is 0 Å². The molecule has 0 aliphatic carbocycles. The zero-order chi connectivity index (χ0) is 16.5. The molecule has 1 aliphatic rings. The molecule has 0 bridgehead atoms. The normalized spacial score (nSPS) is 18.5. The standard InChI is InChI=1S/C18H21N5O/c1-13-9-19-23(10-13)11-14-5-4-8-22(14)12-17-20-16-7-3-2-6-15(16)18(24)21-17/h2-3,6-7,9-10,14H,4-5,8,11-12H2,1H3,(H,20,21,24). The van der Waals surface area contributed by atoms with Gasteiger partial charge in [0.2, 0.25) is 0 Å². The highest BCUT2D eigenvalue weighted by Gasteiger charge is 2.25. The molecule has 0 radical (unpaired) electrons. The molecule has 0 spiro atoms. The van der Waals surface area contributed by atoms with Crippen molar-refractivity contribution in [3.63, 3.8) is 0 Å². The number of aromatic nitrogens is 4. The molecular weight excluding hydrogens is 302 g/mol. The first-order valence-electron chi connectivity index (χ1n) is 8.40. The molecule has 1 N–H and O–H groups in total. The van der Waals surface area contributed by atoms with Crippen molar-refractivity contribution in [2.45, 2.75) is 38.9 Å². The SMILES string of the molecule is Cc1cnn(CC2CCCN2Cc2nc3ccccc3c(=O)[nH]2)c1. The number of nitrogens with one attached hydrogen (secondary N) is 1. The third kappa shape index (κ3) is 2.97. The van der Waals surface area contributed by atoms with Crippen molar-refractivity contribution in [3.8, 4) is 0 Å². The van der Waals surface area contributed by atoms with Crippen molar-refractivity contribution in [3.05, 3.63) is 58.4 Å². The van der Waals surface area contributed by atoms with Gasteiger partial charge in [-0.15, -0.1) is 0 Å². The maximum atomic E-state index is 12.2. The number of benzene rings is 1. The molecule has 6 nitrogen and oxygen atoms in total. The zero-order valence-electron chi connectivity index (χ0n) is 13.8. The number of aryl methyl sites for hydroxylation is 1. The Bertz CT molecular complexity index is 913. The zero-order valence-corrected chi connectivity index (χ0v) is 13.8. The van der Waals surface area contributed by atoms with Crippen LogP contribution in [0, 0.1) is 6.92 Å². The van der Waals surface area contributed by atoms with Crippen LogP contribution in [-0.2, 0) is 13.1 Å². The summed E-state index contributed by atoms with van der Waals surface area (Å²) in [5, 5.41) is 5.04. The Morgan fingerprint density at radius 3 is 3.04 bits per heavy atom. The van der Waals surface area contributed by atoms with Gasteiger partial charge in [0.1, 0.15) is 5.82 Å². The predicted octanol–water partition coefficient (Wildman–Crippen LogP) is 2.09. The summed E-state index contributed by atoms with van der Waals surface area (Å²) in [6.45, 7) is 4.64. The van der Waals surface area contributed by atoms with Crippen LogP contribution in [-0.4, -0.2) is 37.2 Å². The Morgan fingerprint density at radius 1 is 1.33 bits per heavy atom. The number of rotatable bonds is 4. The maximum Gasteiger partial charge on any atom is 0.258 e. The van der Waals surface area contributed by atoms with Crippen molar-refractivity contribution in [2.24, 2.45) is 0 Å². The molecule has 1 aliphatic heterocycles. The van der Waals surface area contributed by atoms with Gasteiger partial charge < -0.3 is 4.98 Å². The fraction of sp³-hybridized carbons (Fsp3) is 0.389. The molecule has 1 atom stereocenters. The Balaban J connectivity index is 1.54. The van der Waals surface area contributed by atoms with E-state index >= 15 is 0 Å². The van der Waals surface area contributed by atoms with Crippen molar-refractivity contribution in [1.29, 1.82) is 0 Å². The summed E-state index contributed by atoms with van der Waals surface area (Å²) in [5.41, 5.74) is 1.88. The summed E-state index contributed by atoms with van der Waals surface area (Å²) in [4.78, 5) is 22.2. The van der Waals surface area contributed by atoms with E-state index in [9.17, 15) is 4.79 Å². The molecule has 124 valence electrons. The lowest BCUT2D eigenvalue weighted by Gasteiger charge is -2.23. The van der Waals surface area contributed by atoms with Crippen molar-refractivity contribution >= 4 is 10.9 Å². The lowest BCUT2D eigenvalue weighted by Crippen LogP contribution is -2.33. The second-order valence-corrected chi connectivity index (χ2v) is 6.54. The van der Waals surface area contributed by atoms with Crippen LogP contribution < -0.4 is 5.56 Å². The number of nitrogens with zero attached hydrogens (tertiary/aromatic N) is 4. The van der Waals surface area contributed by atoms with Gasteiger partial charge in [-0.2, -0.15) is 5.10 Å². The van der Waals surface area contributed by atoms with E-state index in [0.29, 0.717) is 18.0 Å². The molecule has 1 aromatic carbocycles. The van der Waals surface area contributed by atoms with Crippen molar-refractivity contribution < 1.29 is 0 Å². The fourth-order valence-corrected chi connectivity index (χ4v) is 3.49. The first-order chi connectivity index (χ1) is 11.7. The van der Waals surface area contributed by atoms with Gasteiger partial charge in [-0.25, -0.2) is 4.98 Å². The second kappa shape index (κ2) is 6.20. The molecule has 0 saturated carbocycles. The van der Waals surface area contributed by atoms with Crippen LogP contribution in [0.1, 0.15) is 24.2 Å². The monoisotopic (exact) mass is 323 g/mol. The third-order valence-electron chi connectivity index (χ3n) is 4.67. The van der Waals surface area contributed by atoms with Crippen molar-refractivity contribution in [2.75, 3.05) is 6.54 Å². The molecule has 1 saturated heterocycles. The molecule has 24 heavy (non-hydrogen) atoms. The first kappa shape index (κ1) is 15.1. The van der Waals surface area contributed by atoms with Gasteiger partial charge in [-0.1, -0.05) is 12.1 Å². The average molecular weight is 323 g/mol. The number of hydrogen-bond acceptors (Lipinski definition) is 4. The number of likely N-dealkylation sites (tertiary alicyclic amines) is 1. The van der Waals surface area contributed by atoms with Crippen LogP contribution in [0.25, 0.3) is 10.9 Å². The summed E-state index contributed by atoms with van der Waals surface area (Å²) >= 11 is 0. The van der Waals surface area contributed by atoms with E-state index in [1.54, 1.807) is 0 Å². The molecule has 1 fully saturated rings. The number of para-hydroxylation sites is 1. The Hall–Kier alpha value is -2.47. The van der Waals surface area contributed by atoms with Gasteiger partial charge in [-0.05, 0) is 44.0 Å². The summed E-state index contributed by atoms with van der Waals surface area (Å²) < 4.78 is 2.01. The van der Waals surface area contributed by atoms with Crippen LogP contribution in [0.5, 0.6) is 0 Å². The van der Waals surface area contributed by atoms with E-state index in [1.807, 2.05) is 35.1 Å². The lowest BCUT2D eigenvalue weighted by atomic mass is 10.2. The topological polar surface area (TPSA) is 66.8 Å². The van der Waals surface area contributed by atoms with Crippen LogP contribution >= 0.6 is 0 Å². The summed E-state index contributed by atoms with van der Waals surface area (Å²) in [7, 11) is 0.